The lowest BCUT2D eigenvalue weighted by atomic mass is 9.99. The van der Waals surface area contributed by atoms with E-state index in [0.717, 1.165) is 50.4 Å². The van der Waals surface area contributed by atoms with E-state index in [1.54, 1.807) is 0 Å². The molecular formula is C13H24N2O2. The van der Waals surface area contributed by atoms with E-state index in [9.17, 15) is 4.79 Å². The minimum absolute atomic E-state index is 0.0622. The summed E-state index contributed by atoms with van der Waals surface area (Å²) in [4.78, 5) is 18.8. The smallest absolute Gasteiger partial charge is 0.263 e. The average Bonchev–Trinajstić information content (AvgIpc) is 2.35. The molecule has 0 spiro atoms. The van der Waals surface area contributed by atoms with Gasteiger partial charge in [0, 0.05) is 13.1 Å². The Kier molecular flexibility index (Phi) is 6.01. The number of amides is 1. The van der Waals surface area contributed by atoms with Crippen LogP contribution in [0.2, 0.25) is 0 Å². The molecule has 0 aromatic heterocycles. The standard InChI is InChI=1S/C13H24N2O2/c1-4-12(5-2)14-17-10-13(16)15-8-6-11(3)7-9-15/h11H,4-10H2,1-3H3. The molecule has 1 aliphatic heterocycles. The normalized spacial score (nSPS) is 16.8. The predicted molar refractivity (Wildman–Crippen MR) is 68.9 cm³/mol. The van der Waals surface area contributed by atoms with Crippen molar-refractivity contribution in [1.82, 2.24) is 4.90 Å². The summed E-state index contributed by atoms with van der Waals surface area (Å²) in [6, 6.07) is 0. The minimum Gasteiger partial charge on any atom is -0.386 e. The van der Waals surface area contributed by atoms with Crippen molar-refractivity contribution in [2.24, 2.45) is 11.1 Å². The first-order valence-electron chi connectivity index (χ1n) is 6.62. The van der Waals surface area contributed by atoms with Gasteiger partial charge in [0.25, 0.3) is 5.91 Å². The number of piperidine rings is 1. The Morgan fingerprint density at radius 3 is 2.41 bits per heavy atom. The summed E-state index contributed by atoms with van der Waals surface area (Å²) < 4.78 is 0. The van der Waals surface area contributed by atoms with Crippen LogP contribution in [0.25, 0.3) is 0 Å². The van der Waals surface area contributed by atoms with E-state index in [1.165, 1.54) is 0 Å². The highest BCUT2D eigenvalue weighted by atomic mass is 16.6. The van der Waals surface area contributed by atoms with Gasteiger partial charge in [0.2, 0.25) is 0 Å². The highest BCUT2D eigenvalue weighted by Gasteiger charge is 2.20. The van der Waals surface area contributed by atoms with Gasteiger partial charge in [0.05, 0.1) is 5.71 Å². The lowest BCUT2D eigenvalue weighted by molar-refractivity contribution is -0.137. The van der Waals surface area contributed by atoms with E-state index in [-0.39, 0.29) is 12.5 Å². The van der Waals surface area contributed by atoms with Gasteiger partial charge in [-0.15, -0.1) is 0 Å². The molecule has 0 bridgehead atoms. The van der Waals surface area contributed by atoms with Gasteiger partial charge in [0.15, 0.2) is 6.61 Å². The fourth-order valence-electron chi connectivity index (χ4n) is 1.91. The van der Waals surface area contributed by atoms with Crippen molar-refractivity contribution in [2.45, 2.75) is 46.5 Å². The Balaban J connectivity index is 2.27. The topological polar surface area (TPSA) is 41.9 Å². The third kappa shape index (κ3) is 4.75. The zero-order valence-corrected chi connectivity index (χ0v) is 11.2. The maximum absolute atomic E-state index is 11.8. The third-order valence-electron chi connectivity index (χ3n) is 3.33. The van der Waals surface area contributed by atoms with Crippen molar-refractivity contribution in [3.8, 4) is 0 Å². The molecule has 98 valence electrons. The van der Waals surface area contributed by atoms with Gasteiger partial charge in [0.1, 0.15) is 0 Å². The van der Waals surface area contributed by atoms with Gasteiger partial charge in [-0.25, -0.2) is 0 Å². The van der Waals surface area contributed by atoms with Crippen molar-refractivity contribution in [3.05, 3.63) is 0 Å². The highest BCUT2D eigenvalue weighted by Crippen LogP contribution is 2.15. The molecular weight excluding hydrogens is 216 g/mol. The lowest BCUT2D eigenvalue weighted by Gasteiger charge is -2.29. The molecule has 0 atom stereocenters. The molecule has 0 saturated carbocycles. The number of hydrogen-bond donors (Lipinski definition) is 0. The number of hydrogen-bond acceptors (Lipinski definition) is 3. The molecule has 0 radical (unpaired) electrons. The quantitative estimate of drug-likeness (QED) is 0.547. The summed E-state index contributed by atoms with van der Waals surface area (Å²) in [6.45, 7) is 8.12. The van der Waals surface area contributed by atoms with Crippen molar-refractivity contribution >= 4 is 11.6 Å². The number of nitrogens with zero attached hydrogens (tertiary/aromatic N) is 2. The molecule has 0 aromatic carbocycles. The molecule has 1 rings (SSSR count). The van der Waals surface area contributed by atoms with Crippen LogP contribution in [-0.4, -0.2) is 36.2 Å². The number of carbonyl (C=O) groups excluding carboxylic acids is 1. The van der Waals surface area contributed by atoms with Crippen LogP contribution < -0.4 is 0 Å². The molecule has 17 heavy (non-hydrogen) atoms. The number of carbonyl (C=O) groups is 1. The second kappa shape index (κ2) is 7.30. The Morgan fingerprint density at radius 2 is 1.88 bits per heavy atom. The molecule has 1 aliphatic rings. The molecule has 4 nitrogen and oxygen atoms in total. The first-order chi connectivity index (χ1) is 8.17. The average molecular weight is 240 g/mol. The summed E-state index contributed by atoms with van der Waals surface area (Å²) in [5.41, 5.74) is 1.00. The number of likely N-dealkylation sites (tertiary alicyclic amines) is 1. The maximum atomic E-state index is 11.8. The van der Waals surface area contributed by atoms with E-state index in [0.29, 0.717) is 0 Å². The monoisotopic (exact) mass is 240 g/mol. The fourth-order valence-corrected chi connectivity index (χ4v) is 1.91. The Labute approximate surface area is 104 Å². The Morgan fingerprint density at radius 1 is 1.29 bits per heavy atom. The van der Waals surface area contributed by atoms with Gasteiger partial charge in [-0.2, -0.15) is 0 Å². The van der Waals surface area contributed by atoms with Crippen molar-refractivity contribution < 1.29 is 9.63 Å². The lowest BCUT2D eigenvalue weighted by Crippen LogP contribution is -2.39. The molecule has 0 aliphatic carbocycles. The van der Waals surface area contributed by atoms with E-state index >= 15 is 0 Å². The minimum atomic E-state index is 0.0622. The third-order valence-corrected chi connectivity index (χ3v) is 3.33. The van der Waals surface area contributed by atoms with Crippen molar-refractivity contribution in [2.75, 3.05) is 19.7 Å². The number of rotatable bonds is 5. The second-order valence-corrected chi connectivity index (χ2v) is 4.70. The fraction of sp³-hybridized carbons (Fsp3) is 0.846. The van der Waals surface area contributed by atoms with Crippen LogP contribution in [0.4, 0.5) is 0 Å². The van der Waals surface area contributed by atoms with Crippen LogP contribution in [-0.2, 0) is 9.63 Å². The van der Waals surface area contributed by atoms with Crippen molar-refractivity contribution in [3.63, 3.8) is 0 Å². The van der Waals surface area contributed by atoms with E-state index in [2.05, 4.69) is 12.1 Å². The van der Waals surface area contributed by atoms with E-state index in [1.807, 2.05) is 18.7 Å². The molecule has 0 N–H and O–H groups in total. The first-order valence-corrected chi connectivity index (χ1v) is 6.62. The summed E-state index contributed by atoms with van der Waals surface area (Å²) in [6.07, 6.45) is 3.96. The Bertz CT molecular complexity index is 263. The van der Waals surface area contributed by atoms with Gasteiger partial charge in [-0.3, -0.25) is 4.79 Å². The van der Waals surface area contributed by atoms with E-state index < -0.39 is 0 Å². The van der Waals surface area contributed by atoms with Gasteiger partial charge < -0.3 is 9.74 Å². The summed E-state index contributed by atoms with van der Waals surface area (Å²) in [5, 5.41) is 3.98. The SMILES string of the molecule is CCC(CC)=NOCC(=O)N1CCC(C)CC1. The van der Waals surface area contributed by atoms with E-state index in [4.69, 9.17) is 4.84 Å². The molecule has 1 fully saturated rings. The largest absolute Gasteiger partial charge is 0.386 e. The summed E-state index contributed by atoms with van der Waals surface area (Å²) in [5.74, 6) is 0.803. The van der Waals surface area contributed by atoms with Crippen molar-refractivity contribution in [1.29, 1.82) is 0 Å². The highest BCUT2D eigenvalue weighted by molar-refractivity contribution is 5.83. The second-order valence-electron chi connectivity index (χ2n) is 4.70. The molecule has 1 amide bonds. The zero-order chi connectivity index (χ0) is 12.7. The van der Waals surface area contributed by atoms with Crippen LogP contribution in [0.15, 0.2) is 5.16 Å². The van der Waals surface area contributed by atoms with Gasteiger partial charge >= 0.3 is 0 Å². The van der Waals surface area contributed by atoms with Crippen LogP contribution in [0.1, 0.15) is 46.5 Å². The van der Waals surface area contributed by atoms with Gasteiger partial charge in [-0.05, 0) is 31.6 Å². The Hall–Kier alpha value is -1.06. The summed E-state index contributed by atoms with van der Waals surface area (Å²) >= 11 is 0. The molecule has 1 heterocycles. The molecule has 0 aromatic rings. The van der Waals surface area contributed by atoms with Crippen LogP contribution in [0, 0.1) is 5.92 Å². The summed E-state index contributed by atoms with van der Waals surface area (Å²) in [7, 11) is 0. The molecule has 4 heteroatoms. The molecule has 1 saturated heterocycles. The maximum Gasteiger partial charge on any atom is 0.263 e. The predicted octanol–water partition coefficient (Wildman–Crippen LogP) is 2.44. The molecule has 0 unspecified atom stereocenters. The van der Waals surface area contributed by atoms with Gasteiger partial charge in [-0.1, -0.05) is 25.9 Å². The van der Waals surface area contributed by atoms with Crippen LogP contribution in [0.5, 0.6) is 0 Å². The van der Waals surface area contributed by atoms with Crippen LogP contribution >= 0.6 is 0 Å². The zero-order valence-electron chi connectivity index (χ0n) is 11.2. The number of oxime groups is 1. The van der Waals surface area contributed by atoms with Crippen LogP contribution in [0.3, 0.4) is 0 Å². The first kappa shape index (κ1) is 14.0.